The van der Waals surface area contributed by atoms with Crippen molar-refractivity contribution in [3.63, 3.8) is 0 Å². The van der Waals surface area contributed by atoms with Crippen LogP contribution in [0.15, 0.2) is 17.0 Å². The monoisotopic (exact) mass is 322 g/mol. The average molecular weight is 322 g/mol. The molecule has 0 fully saturated rings. The van der Waals surface area contributed by atoms with Crippen molar-refractivity contribution < 1.29 is 22.3 Å². The molecule has 0 amide bonds. The maximum absolute atomic E-state index is 13.8. The van der Waals surface area contributed by atoms with E-state index < -0.39 is 38.0 Å². The van der Waals surface area contributed by atoms with Crippen LogP contribution in [0.2, 0.25) is 0 Å². The lowest BCUT2D eigenvalue weighted by molar-refractivity contribution is 0.214. The molecule has 0 aliphatic heterocycles. The van der Waals surface area contributed by atoms with Crippen molar-refractivity contribution in [1.29, 1.82) is 0 Å². The molecule has 1 aromatic carbocycles. The first-order valence-corrected chi connectivity index (χ1v) is 7.85. The summed E-state index contributed by atoms with van der Waals surface area (Å²) in [5.41, 5.74) is 4.53. The standard InChI is InChI=1S/C13H20F2N2O3S/c1-13(2,3)11(4-5-18)17-21(19,20)12-9(14)6-8(16)7-10(12)15/h6-7,11,17-18H,4-5,16H2,1-3H3. The number of sulfonamides is 1. The van der Waals surface area contributed by atoms with Gasteiger partial charge < -0.3 is 10.8 Å². The van der Waals surface area contributed by atoms with Gasteiger partial charge in [0.15, 0.2) is 4.90 Å². The molecule has 0 saturated heterocycles. The number of halogens is 2. The molecule has 0 aliphatic rings. The molecule has 0 saturated carbocycles. The molecule has 0 heterocycles. The number of hydrogen-bond acceptors (Lipinski definition) is 4. The molecule has 5 nitrogen and oxygen atoms in total. The van der Waals surface area contributed by atoms with Gasteiger partial charge in [0.25, 0.3) is 0 Å². The van der Waals surface area contributed by atoms with Crippen molar-refractivity contribution in [2.24, 2.45) is 5.41 Å². The molecule has 8 heteroatoms. The molecule has 0 spiro atoms. The Morgan fingerprint density at radius 2 is 1.76 bits per heavy atom. The van der Waals surface area contributed by atoms with Gasteiger partial charge in [-0.05, 0) is 24.0 Å². The van der Waals surface area contributed by atoms with Gasteiger partial charge in [-0.25, -0.2) is 21.9 Å². The van der Waals surface area contributed by atoms with Crippen LogP contribution in [-0.4, -0.2) is 26.2 Å². The van der Waals surface area contributed by atoms with E-state index in [2.05, 4.69) is 4.72 Å². The van der Waals surface area contributed by atoms with Crippen molar-refractivity contribution in [3.8, 4) is 0 Å². The summed E-state index contributed by atoms with van der Waals surface area (Å²) in [6.45, 7) is 5.01. The maximum atomic E-state index is 13.8. The topological polar surface area (TPSA) is 92.4 Å². The normalized spacial score (nSPS) is 14.2. The second-order valence-corrected chi connectivity index (χ2v) is 7.52. The second kappa shape index (κ2) is 6.25. The predicted molar refractivity (Wildman–Crippen MR) is 76.0 cm³/mol. The Hall–Kier alpha value is -1.25. The molecule has 1 aromatic rings. The SMILES string of the molecule is CC(C)(C)C(CCO)NS(=O)(=O)c1c(F)cc(N)cc1F. The number of benzene rings is 1. The summed E-state index contributed by atoms with van der Waals surface area (Å²) in [5.74, 6) is -2.51. The fraction of sp³-hybridized carbons (Fsp3) is 0.538. The molecule has 0 aromatic heterocycles. The molecule has 1 atom stereocenters. The first kappa shape index (κ1) is 17.8. The fourth-order valence-corrected chi connectivity index (χ4v) is 3.48. The van der Waals surface area contributed by atoms with Crippen LogP contribution in [0.25, 0.3) is 0 Å². The zero-order chi connectivity index (χ0) is 16.4. The minimum atomic E-state index is -4.41. The summed E-state index contributed by atoms with van der Waals surface area (Å²) in [6, 6.07) is 0.815. The minimum absolute atomic E-state index is 0.126. The van der Waals surface area contributed by atoms with E-state index in [0.717, 1.165) is 12.1 Å². The van der Waals surface area contributed by atoms with Gasteiger partial charge in [0.05, 0.1) is 0 Å². The van der Waals surface area contributed by atoms with Gasteiger partial charge in [0.1, 0.15) is 11.6 Å². The van der Waals surface area contributed by atoms with Crippen LogP contribution in [0.3, 0.4) is 0 Å². The van der Waals surface area contributed by atoms with Gasteiger partial charge >= 0.3 is 0 Å². The summed E-state index contributed by atoms with van der Waals surface area (Å²) in [4.78, 5) is -1.07. The molecule has 4 N–H and O–H groups in total. The number of anilines is 1. The van der Waals surface area contributed by atoms with Gasteiger partial charge in [0.2, 0.25) is 10.0 Å². The summed E-state index contributed by atoms with van der Waals surface area (Å²) in [7, 11) is -4.41. The molecule has 0 bridgehead atoms. The van der Waals surface area contributed by atoms with Crippen LogP contribution >= 0.6 is 0 Å². The van der Waals surface area contributed by atoms with Crippen molar-refractivity contribution in [2.45, 2.75) is 38.1 Å². The van der Waals surface area contributed by atoms with E-state index in [-0.39, 0.29) is 18.7 Å². The number of nitrogens with one attached hydrogen (secondary N) is 1. The molecule has 0 radical (unpaired) electrons. The number of nitrogen functional groups attached to an aromatic ring is 1. The molecular formula is C13H20F2N2O3S. The van der Waals surface area contributed by atoms with Crippen LogP contribution < -0.4 is 10.5 Å². The second-order valence-electron chi connectivity index (χ2n) is 5.87. The molecule has 0 aliphatic carbocycles. The van der Waals surface area contributed by atoms with E-state index in [1.807, 2.05) is 0 Å². The van der Waals surface area contributed by atoms with E-state index in [1.54, 1.807) is 20.8 Å². The number of aliphatic hydroxyl groups is 1. The highest BCUT2D eigenvalue weighted by molar-refractivity contribution is 7.89. The van der Waals surface area contributed by atoms with Crippen LogP contribution in [0.4, 0.5) is 14.5 Å². The quantitative estimate of drug-likeness (QED) is 0.718. The third kappa shape index (κ3) is 4.36. The molecule has 1 unspecified atom stereocenters. The minimum Gasteiger partial charge on any atom is -0.399 e. The Labute approximate surface area is 123 Å². The maximum Gasteiger partial charge on any atom is 0.246 e. The summed E-state index contributed by atoms with van der Waals surface area (Å²) >= 11 is 0. The van der Waals surface area contributed by atoms with Crippen LogP contribution in [0.1, 0.15) is 27.2 Å². The Bertz CT molecular complexity index is 589. The highest BCUT2D eigenvalue weighted by atomic mass is 32.2. The van der Waals surface area contributed by atoms with Crippen LogP contribution in [0, 0.1) is 17.0 Å². The van der Waals surface area contributed by atoms with E-state index in [9.17, 15) is 17.2 Å². The molecule has 1 rings (SSSR count). The van der Waals surface area contributed by atoms with Crippen LogP contribution in [0.5, 0.6) is 0 Å². The van der Waals surface area contributed by atoms with E-state index in [1.165, 1.54) is 0 Å². The van der Waals surface area contributed by atoms with Gasteiger partial charge in [0, 0.05) is 18.3 Å². The Morgan fingerprint density at radius 1 is 1.29 bits per heavy atom. The lowest BCUT2D eigenvalue weighted by Gasteiger charge is -2.30. The smallest absolute Gasteiger partial charge is 0.246 e. The van der Waals surface area contributed by atoms with Crippen molar-refractivity contribution in [2.75, 3.05) is 12.3 Å². The lowest BCUT2D eigenvalue weighted by Crippen LogP contribution is -2.44. The fourth-order valence-electron chi connectivity index (χ4n) is 1.88. The predicted octanol–water partition coefficient (Wildman–Crippen LogP) is 1.62. The van der Waals surface area contributed by atoms with Crippen molar-refractivity contribution in [1.82, 2.24) is 4.72 Å². The Kier molecular flexibility index (Phi) is 5.30. The van der Waals surface area contributed by atoms with Gasteiger partial charge in [-0.2, -0.15) is 0 Å². The average Bonchev–Trinajstić information content (AvgIpc) is 2.24. The van der Waals surface area contributed by atoms with Gasteiger partial charge in [-0.1, -0.05) is 20.8 Å². The first-order chi connectivity index (χ1) is 9.49. The largest absolute Gasteiger partial charge is 0.399 e. The van der Waals surface area contributed by atoms with Crippen molar-refractivity contribution in [3.05, 3.63) is 23.8 Å². The summed E-state index contributed by atoms with van der Waals surface area (Å²) in [6.07, 6.45) is 0.126. The molecular weight excluding hydrogens is 302 g/mol. The third-order valence-corrected chi connectivity index (χ3v) is 4.57. The Balaban J connectivity index is 3.23. The molecule has 120 valence electrons. The van der Waals surface area contributed by atoms with Crippen LogP contribution in [-0.2, 0) is 10.0 Å². The number of rotatable bonds is 5. The van der Waals surface area contributed by atoms with Gasteiger partial charge in [-0.3, -0.25) is 0 Å². The number of hydrogen-bond donors (Lipinski definition) is 3. The zero-order valence-electron chi connectivity index (χ0n) is 12.2. The Morgan fingerprint density at radius 3 is 2.14 bits per heavy atom. The highest BCUT2D eigenvalue weighted by Crippen LogP contribution is 2.26. The van der Waals surface area contributed by atoms with E-state index in [0.29, 0.717) is 0 Å². The van der Waals surface area contributed by atoms with Gasteiger partial charge in [-0.15, -0.1) is 0 Å². The van der Waals surface area contributed by atoms with E-state index in [4.69, 9.17) is 10.8 Å². The summed E-state index contributed by atoms with van der Waals surface area (Å²) < 4.78 is 54.2. The zero-order valence-corrected chi connectivity index (χ0v) is 13.0. The molecule has 21 heavy (non-hydrogen) atoms. The lowest BCUT2D eigenvalue weighted by atomic mass is 9.86. The summed E-state index contributed by atoms with van der Waals surface area (Å²) in [5, 5.41) is 9.01. The van der Waals surface area contributed by atoms with Crippen molar-refractivity contribution >= 4 is 15.7 Å². The number of nitrogens with two attached hydrogens (primary N) is 1. The van der Waals surface area contributed by atoms with E-state index >= 15 is 0 Å². The third-order valence-electron chi connectivity index (χ3n) is 3.05. The first-order valence-electron chi connectivity index (χ1n) is 6.36. The number of aliphatic hydroxyl groups excluding tert-OH is 1. The highest BCUT2D eigenvalue weighted by Gasteiger charge is 2.32.